The maximum Gasteiger partial charge on any atom is 0.343 e. The molecule has 5 heteroatoms. The highest BCUT2D eigenvalue weighted by atomic mass is 35.5. The fourth-order valence-corrected chi connectivity index (χ4v) is 1.21. The van der Waals surface area contributed by atoms with Gasteiger partial charge in [-0.1, -0.05) is 11.6 Å². The molecule has 0 fully saturated rings. The van der Waals surface area contributed by atoms with Crippen molar-refractivity contribution in [3.05, 3.63) is 22.8 Å². The highest BCUT2D eigenvalue weighted by molar-refractivity contribution is 6.34. The van der Waals surface area contributed by atoms with E-state index in [0.717, 1.165) is 0 Å². The first-order valence-electron chi connectivity index (χ1n) is 4.44. The SMILES string of the molecule is CC(C)(C)OC(=O)c1c(Cl)ccnc1N. The van der Waals surface area contributed by atoms with E-state index in [9.17, 15) is 4.79 Å². The van der Waals surface area contributed by atoms with Crippen LogP contribution in [0.5, 0.6) is 0 Å². The Labute approximate surface area is 93.4 Å². The summed E-state index contributed by atoms with van der Waals surface area (Å²) in [4.78, 5) is 15.5. The Morgan fingerprint density at radius 3 is 2.60 bits per heavy atom. The van der Waals surface area contributed by atoms with Gasteiger partial charge in [0, 0.05) is 6.20 Å². The molecule has 0 amide bonds. The molecule has 15 heavy (non-hydrogen) atoms. The van der Waals surface area contributed by atoms with Crippen LogP contribution in [-0.4, -0.2) is 16.6 Å². The van der Waals surface area contributed by atoms with Crippen molar-refractivity contribution in [1.29, 1.82) is 0 Å². The first-order chi connectivity index (χ1) is 6.81. The van der Waals surface area contributed by atoms with E-state index in [1.165, 1.54) is 12.3 Å². The number of anilines is 1. The van der Waals surface area contributed by atoms with Crippen LogP contribution in [0.1, 0.15) is 31.1 Å². The average Bonchev–Trinajstić information content (AvgIpc) is 1.99. The number of rotatable bonds is 1. The quantitative estimate of drug-likeness (QED) is 0.749. The summed E-state index contributed by atoms with van der Waals surface area (Å²) in [5.74, 6) is -0.477. The molecular formula is C10H13ClN2O2. The van der Waals surface area contributed by atoms with Crippen LogP contribution in [0.4, 0.5) is 5.82 Å². The van der Waals surface area contributed by atoms with Crippen LogP contribution in [0.3, 0.4) is 0 Å². The van der Waals surface area contributed by atoms with Crippen molar-refractivity contribution in [2.75, 3.05) is 5.73 Å². The molecule has 1 aromatic heterocycles. The molecule has 0 saturated heterocycles. The predicted molar refractivity (Wildman–Crippen MR) is 58.8 cm³/mol. The molecule has 0 spiro atoms. The van der Waals surface area contributed by atoms with E-state index < -0.39 is 11.6 Å². The van der Waals surface area contributed by atoms with Crippen molar-refractivity contribution >= 4 is 23.4 Å². The molecule has 2 N–H and O–H groups in total. The van der Waals surface area contributed by atoms with Gasteiger partial charge in [-0.25, -0.2) is 9.78 Å². The van der Waals surface area contributed by atoms with Gasteiger partial charge in [0.25, 0.3) is 0 Å². The van der Waals surface area contributed by atoms with Crippen LogP contribution in [0.2, 0.25) is 5.02 Å². The largest absolute Gasteiger partial charge is 0.456 e. The van der Waals surface area contributed by atoms with E-state index >= 15 is 0 Å². The van der Waals surface area contributed by atoms with Gasteiger partial charge >= 0.3 is 5.97 Å². The minimum absolute atomic E-state index is 0.0803. The molecule has 0 aliphatic carbocycles. The van der Waals surface area contributed by atoms with Gasteiger partial charge < -0.3 is 10.5 Å². The van der Waals surface area contributed by atoms with E-state index in [2.05, 4.69) is 4.98 Å². The zero-order valence-electron chi connectivity index (χ0n) is 8.87. The number of esters is 1. The summed E-state index contributed by atoms with van der Waals surface area (Å²) in [7, 11) is 0. The molecule has 0 aliphatic rings. The van der Waals surface area contributed by atoms with Gasteiger partial charge in [-0.05, 0) is 26.8 Å². The Kier molecular flexibility index (Phi) is 3.19. The molecule has 1 aromatic rings. The number of aromatic nitrogens is 1. The molecule has 1 rings (SSSR count). The lowest BCUT2D eigenvalue weighted by molar-refractivity contribution is 0.00707. The predicted octanol–water partition coefficient (Wildman–Crippen LogP) is 2.27. The molecule has 0 unspecified atom stereocenters. The number of nitrogens with zero attached hydrogens (tertiary/aromatic N) is 1. The summed E-state index contributed by atoms with van der Waals surface area (Å²) in [5, 5.41) is 0.247. The summed E-state index contributed by atoms with van der Waals surface area (Å²) < 4.78 is 5.14. The number of nitrogens with two attached hydrogens (primary N) is 1. The van der Waals surface area contributed by atoms with E-state index in [4.69, 9.17) is 22.1 Å². The average molecular weight is 229 g/mol. The second-order valence-corrected chi connectivity index (χ2v) is 4.46. The van der Waals surface area contributed by atoms with Gasteiger partial charge in [0.05, 0.1) is 5.02 Å². The van der Waals surface area contributed by atoms with Crippen molar-refractivity contribution in [1.82, 2.24) is 4.98 Å². The second kappa shape index (κ2) is 4.06. The van der Waals surface area contributed by atoms with E-state index in [-0.39, 0.29) is 16.4 Å². The van der Waals surface area contributed by atoms with Crippen LogP contribution >= 0.6 is 11.6 Å². The lowest BCUT2D eigenvalue weighted by atomic mass is 10.2. The second-order valence-electron chi connectivity index (χ2n) is 4.05. The summed E-state index contributed by atoms with van der Waals surface area (Å²) in [6.07, 6.45) is 1.44. The number of carbonyl (C=O) groups is 1. The maximum absolute atomic E-state index is 11.7. The van der Waals surface area contributed by atoms with Crippen LogP contribution in [-0.2, 0) is 4.74 Å². The number of halogens is 1. The Balaban J connectivity index is 3.02. The Bertz CT molecular complexity index is 365. The number of hydrogen-bond acceptors (Lipinski definition) is 4. The molecule has 0 aliphatic heterocycles. The molecule has 82 valence electrons. The van der Waals surface area contributed by atoms with E-state index in [1.807, 2.05) is 0 Å². The van der Waals surface area contributed by atoms with Crippen LogP contribution in [0, 0.1) is 0 Å². The number of nitrogen functional groups attached to an aromatic ring is 1. The maximum atomic E-state index is 11.7. The molecule has 0 saturated carbocycles. The molecule has 0 aromatic carbocycles. The first-order valence-corrected chi connectivity index (χ1v) is 4.82. The van der Waals surface area contributed by atoms with Gasteiger partial charge in [0.2, 0.25) is 0 Å². The third-order valence-corrected chi connectivity index (χ3v) is 1.85. The zero-order valence-corrected chi connectivity index (χ0v) is 9.63. The molecule has 4 nitrogen and oxygen atoms in total. The van der Waals surface area contributed by atoms with Gasteiger partial charge in [-0.2, -0.15) is 0 Å². The summed E-state index contributed by atoms with van der Waals surface area (Å²) >= 11 is 5.83. The van der Waals surface area contributed by atoms with Gasteiger partial charge in [0.15, 0.2) is 0 Å². The first kappa shape index (κ1) is 11.8. The fraction of sp³-hybridized carbons (Fsp3) is 0.400. The zero-order chi connectivity index (χ0) is 11.6. The Morgan fingerprint density at radius 1 is 1.53 bits per heavy atom. The van der Waals surface area contributed by atoms with E-state index in [0.29, 0.717) is 0 Å². The minimum Gasteiger partial charge on any atom is -0.456 e. The lowest BCUT2D eigenvalue weighted by Crippen LogP contribution is -2.24. The van der Waals surface area contributed by atoms with E-state index in [1.54, 1.807) is 20.8 Å². The smallest absolute Gasteiger partial charge is 0.343 e. The molecule has 0 bridgehead atoms. The van der Waals surface area contributed by atoms with Gasteiger partial charge in [0.1, 0.15) is 17.0 Å². The van der Waals surface area contributed by atoms with Gasteiger partial charge in [-0.3, -0.25) is 0 Å². The lowest BCUT2D eigenvalue weighted by Gasteiger charge is -2.20. The number of carbonyl (C=O) groups excluding carboxylic acids is 1. The van der Waals surface area contributed by atoms with Crippen molar-refractivity contribution in [3.8, 4) is 0 Å². The minimum atomic E-state index is -0.581. The topological polar surface area (TPSA) is 65.2 Å². The standard InChI is InChI=1S/C10H13ClN2O2/c1-10(2,3)15-9(14)7-6(11)4-5-13-8(7)12/h4-5H,1-3H3,(H2,12,13). The summed E-state index contributed by atoms with van der Waals surface area (Å²) in [5.41, 5.74) is 5.08. The highest BCUT2D eigenvalue weighted by Gasteiger charge is 2.22. The highest BCUT2D eigenvalue weighted by Crippen LogP contribution is 2.22. The number of hydrogen-bond donors (Lipinski definition) is 1. The molecular weight excluding hydrogens is 216 g/mol. The summed E-state index contributed by atoms with van der Waals surface area (Å²) in [6, 6.07) is 1.50. The fourth-order valence-electron chi connectivity index (χ4n) is 0.984. The number of pyridine rings is 1. The number of ether oxygens (including phenoxy) is 1. The Morgan fingerprint density at radius 2 is 2.13 bits per heavy atom. The summed E-state index contributed by atoms with van der Waals surface area (Å²) in [6.45, 7) is 5.31. The van der Waals surface area contributed by atoms with Crippen molar-refractivity contribution < 1.29 is 9.53 Å². The van der Waals surface area contributed by atoms with Crippen molar-refractivity contribution in [3.63, 3.8) is 0 Å². The Hall–Kier alpha value is -1.29. The van der Waals surface area contributed by atoms with Crippen LogP contribution < -0.4 is 5.73 Å². The van der Waals surface area contributed by atoms with Crippen molar-refractivity contribution in [2.24, 2.45) is 0 Å². The third kappa shape index (κ3) is 3.09. The van der Waals surface area contributed by atoms with Crippen molar-refractivity contribution in [2.45, 2.75) is 26.4 Å². The molecule has 0 atom stereocenters. The molecule has 0 radical (unpaired) electrons. The van der Waals surface area contributed by atoms with Crippen LogP contribution in [0.25, 0.3) is 0 Å². The normalized spacial score (nSPS) is 11.2. The van der Waals surface area contributed by atoms with Crippen LogP contribution in [0.15, 0.2) is 12.3 Å². The third-order valence-electron chi connectivity index (χ3n) is 1.53. The molecule has 1 heterocycles. The monoisotopic (exact) mass is 228 g/mol. The van der Waals surface area contributed by atoms with Gasteiger partial charge in [-0.15, -0.1) is 0 Å².